The monoisotopic (exact) mass is 254 g/mol. The van der Waals surface area contributed by atoms with Crippen LogP contribution in [0.3, 0.4) is 0 Å². The maximum absolute atomic E-state index is 4.08. The van der Waals surface area contributed by atoms with Crippen LogP contribution in [0.5, 0.6) is 0 Å². The van der Waals surface area contributed by atoms with Crippen LogP contribution >= 0.6 is 0 Å². The summed E-state index contributed by atoms with van der Waals surface area (Å²) in [6, 6.07) is 10.9. The molecule has 2 bridgehead atoms. The molecule has 3 saturated carbocycles. The maximum atomic E-state index is 4.08. The lowest BCUT2D eigenvalue weighted by molar-refractivity contribution is -0.107. The van der Waals surface area contributed by atoms with E-state index in [4.69, 9.17) is 0 Å². The van der Waals surface area contributed by atoms with Crippen molar-refractivity contribution in [2.45, 2.75) is 45.4 Å². The van der Waals surface area contributed by atoms with E-state index < -0.39 is 0 Å². The molecule has 0 spiro atoms. The number of allylic oxidation sites excluding steroid dienone is 1. The Morgan fingerprint density at radius 1 is 1.26 bits per heavy atom. The molecule has 0 saturated heterocycles. The average Bonchev–Trinajstić information content (AvgIpc) is 2.45. The summed E-state index contributed by atoms with van der Waals surface area (Å²) in [6.07, 6.45) is 7.83. The van der Waals surface area contributed by atoms with Gasteiger partial charge in [-0.05, 0) is 54.4 Å². The molecule has 0 unspecified atom stereocenters. The molecule has 0 aliphatic heterocycles. The third-order valence-electron chi connectivity index (χ3n) is 6.07. The van der Waals surface area contributed by atoms with E-state index in [1.54, 1.807) is 0 Å². The van der Waals surface area contributed by atoms with Crippen LogP contribution in [0.1, 0.15) is 51.0 Å². The number of hydrogen-bond acceptors (Lipinski definition) is 0. The Balaban J connectivity index is 1.72. The molecule has 0 nitrogen and oxygen atoms in total. The molecular formula is C19H26. The van der Waals surface area contributed by atoms with E-state index in [9.17, 15) is 0 Å². The average molecular weight is 254 g/mol. The second-order valence-electron chi connectivity index (χ2n) is 7.19. The van der Waals surface area contributed by atoms with E-state index in [2.05, 4.69) is 56.8 Å². The van der Waals surface area contributed by atoms with Gasteiger partial charge in [-0.15, -0.1) is 6.58 Å². The highest BCUT2D eigenvalue weighted by Gasteiger charge is 2.54. The molecular weight excluding hydrogens is 228 g/mol. The highest BCUT2D eigenvalue weighted by Crippen LogP contribution is 2.62. The van der Waals surface area contributed by atoms with E-state index in [1.165, 1.54) is 31.2 Å². The molecule has 4 rings (SSSR count). The van der Waals surface area contributed by atoms with Crippen molar-refractivity contribution in [1.29, 1.82) is 0 Å². The summed E-state index contributed by atoms with van der Waals surface area (Å²) in [7, 11) is 0. The molecule has 0 heteroatoms. The Labute approximate surface area is 117 Å². The zero-order valence-electron chi connectivity index (χ0n) is 12.3. The van der Waals surface area contributed by atoms with E-state index in [0.29, 0.717) is 11.3 Å². The van der Waals surface area contributed by atoms with Crippen LogP contribution in [-0.4, -0.2) is 0 Å². The summed E-state index contributed by atoms with van der Waals surface area (Å²) in [5, 5.41) is 0. The van der Waals surface area contributed by atoms with Gasteiger partial charge in [0.15, 0.2) is 0 Å². The van der Waals surface area contributed by atoms with E-state index >= 15 is 0 Å². The molecule has 102 valence electrons. The first-order valence-corrected chi connectivity index (χ1v) is 7.80. The molecule has 3 aliphatic carbocycles. The van der Waals surface area contributed by atoms with E-state index in [1.807, 2.05) is 0 Å². The molecule has 3 aliphatic rings. The number of fused-ring (bicyclic) bond motifs is 2. The molecule has 0 aromatic heterocycles. The van der Waals surface area contributed by atoms with Gasteiger partial charge in [-0.3, -0.25) is 0 Å². The molecule has 0 radical (unpaired) electrons. The van der Waals surface area contributed by atoms with Crippen LogP contribution in [0.15, 0.2) is 43.0 Å². The van der Waals surface area contributed by atoms with Crippen molar-refractivity contribution in [2.75, 3.05) is 0 Å². The summed E-state index contributed by atoms with van der Waals surface area (Å²) in [6.45, 7) is 9.06. The van der Waals surface area contributed by atoms with Gasteiger partial charge in [0.25, 0.3) is 0 Å². The van der Waals surface area contributed by atoms with Crippen LogP contribution in [0.4, 0.5) is 0 Å². The highest BCUT2D eigenvalue weighted by atomic mass is 14.6. The van der Waals surface area contributed by atoms with Crippen LogP contribution < -0.4 is 0 Å². The standard InChI is InChI=1S/C19H26/c1-4-14(15-8-6-5-7-9-15)12-16-10-11-17-13-18(16)19(17,2)3/h4-9,14,16-18H,1,10-13H2,2-3H3/t14-,16-,17-,18-/m1/s1. The molecule has 0 amide bonds. The van der Waals surface area contributed by atoms with Gasteiger partial charge in [-0.25, -0.2) is 0 Å². The third-order valence-corrected chi connectivity index (χ3v) is 6.07. The Bertz CT molecular complexity index is 440. The zero-order valence-corrected chi connectivity index (χ0v) is 12.3. The second kappa shape index (κ2) is 4.81. The lowest BCUT2D eigenvalue weighted by Crippen LogP contribution is -2.52. The Kier molecular flexibility index (Phi) is 3.28. The first-order valence-electron chi connectivity index (χ1n) is 7.80. The quantitative estimate of drug-likeness (QED) is 0.629. The predicted molar refractivity (Wildman–Crippen MR) is 82.1 cm³/mol. The Hall–Kier alpha value is -1.04. The largest absolute Gasteiger partial charge is 0.102 e. The van der Waals surface area contributed by atoms with Gasteiger partial charge in [-0.2, -0.15) is 0 Å². The number of hydrogen-bond donors (Lipinski definition) is 0. The first kappa shape index (κ1) is 13.0. The van der Waals surface area contributed by atoms with Gasteiger partial charge < -0.3 is 0 Å². The predicted octanol–water partition coefficient (Wildman–Crippen LogP) is 5.42. The fraction of sp³-hybridized carbons (Fsp3) is 0.579. The van der Waals surface area contributed by atoms with Crippen LogP contribution in [0.2, 0.25) is 0 Å². The minimum absolute atomic E-state index is 0.541. The van der Waals surface area contributed by atoms with Crippen LogP contribution in [0.25, 0.3) is 0 Å². The minimum atomic E-state index is 0.541. The van der Waals surface area contributed by atoms with E-state index in [-0.39, 0.29) is 0 Å². The van der Waals surface area contributed by atoms with Crippen molar-refractivity contribution in [3.63, 3.8) is 0 Å². The van der Waals surface area contributed by atoms with Gasteiger partial charge in [0.05, 0.1) is 0 Å². The van der Waals surface area contributed by atoms with Crippen molar-refractivity contribution in [3.8, 4) is 0 Å². The van der Waals surface area contributed by atoms with Crippen molar-refractivity contribution >= 4 is 0 Å². The molecule has 1 aromatic carbocycles. The number of benzene rings is 1. The van der Waals surface area contributed by atoms with Gasteiger partial charge >= 0.3 is 0 Å². The fourth-order valence-electron chi connectivity index (χ4n) is 4.64. The first-order chi connectivity index (χ1) is 9.13. The highest BCUT2D eigenvalue weighted by molar-refractivity contribution is 5.23. The summed E-state index contributed by atoms with van der Waals surface area (Å²) < 4.78 is 0. The van der Waals surface area contributed by atoms with Gasteiger partial charge in [0.1, 0.15) is 0 Å². The molecule has 4 atom stereocenters. The second-order valence-corrected chi connectivity index (χ2v) is 7.19. The number of rotatable bonds is 4. The molecule has 19 heavy (non-hydrogen) atoms. The minimum Gasteiger partial charge on any atom is -0.102 e. The van der Waals surface area contributed by atoms with E-state index in [0.717, 1.165) is 17.8 Å². The summed E-state index contributed by atoms with van der Waals surface area (Å²) in [4.78, 5) is 0. The smallest absolute Gasteiger partial charge is 0.00180 e. The maximum Gasteiger partial charge on any atom is 0.00180 e. The molecule has 3 fully saturated rings. The normalized spacial score (nSPS) is 33.3. The molecule has 0 heterocycles. The lowest BCUT2D eigenvalue weighted by atomic mass is 9.45. The van der Waals surface area contributed by atoms with Crippen molar-refractivity contribution in [3.05, 3.63) is 48.6 Å². The SMILES string of the molecule is C=C[C@H](C[C@H]1CC[C@@H]2C[C@H]1C2(C)C)c1ccccc1. The molecule has 0 N–H and O–H groups in total. The summed E-state index contributed by atoms with van der Waals surface area (Å²) in [5.41, 5.74) is 2.04. The zero-order chi connectivity index (χ0) is 13.5. The topological polar surface area (TPSA) is 0 Å². The summed E-state index contributed by atoms with van der Waals surface area (Å²) >= 11 is 0. The van der Waals surface area contributed by atoms with Crippen molar-refractivity contribution < 1.29 is 0 Å². The third kappa shape index (κ3) is 2.16. The van der Waals surface area contributed by atoms with Gasteiger partial charge in [0.2, 0.25) is 0 Å². The Morgan fingerprint density at radius 2 is 2.00 bits per heavy atom. The fourth-order valence-corrected chi connectivity index (χ4v) is 4.64. The van der Waals surface area contributed by atoms with Crippen molar-refractivity contribution in [2.24, 2.45) is 23.2 Å². The molecule has 1 aromatic rings. The van der Waals surface area contributed by atoms with Crippen molar-refractivity contribution in [1.82, 2.24) is 0 Å². The summed E-state index contributed by atoms with van der Waals surface area (Å²) in [5.74, 6) is 3.41. The van der Waals surface area contributed by atoms with Crippen LogP contribution in [0, 0.1) is 23.2 Å². The Morgan fingerprint density at radius 3 is 2.58 bits per heavy atom. The lowest BCUT2D eigenvalue weighted by Gasteiger charge is -2.60. The van der Waals surface area contributed by atoms with Gasteiger partial charge in [0, 0.05) is 5.92 Å². The van der Waals surface area contributed by atoms with Gasteiger partial charge in [-0.1, -0.05) is 50.3 Å². The van der Waals surface area contributed by atoms with Crippen LogP contribution in [-0.2, 0) is 0 Å².